The van der Waals surface area contributed by atoms with E-state index in [2.05, 4.69) is 21.3 Å². The van der Waals surface area contributed by atoms with Gasteiger partial charge in [-0.15, -0.1) is 6.58 Å². The van der Waals surface area contributed by atoms with Crippen molar-refractivity contribution in [3.8, 4) is 0 Å². The van der Waals surface area contributed by atoms with Gasteiger partial charge in [0.25, 0.3) is 5.91 Å². The predicted molar refractivity (Wildman–Crippen MR) is 102 cm³/mol. The molecule has 0 radical (unpaired) electrons. The SMILES string of the molecule is C=CCNS(=O)(=O)c1ccc(C(=O)N2CCN(c3ncccn3)CC2)cc1. The number of carbonyl (C=O) groups excluding carboxylic acids is 1. The maximum atomic E-state index is 12.7. The van der Waals surface area contributed by atoms with E-state index in [1.165, 1.54) is 30.3 Å². The first kappa shape index (κ1) is 19.0. The van der Waals surface area contributed by atoms with Gasteiger partial charge in [-0.2, -0.15) is 0 Å². The van der Waals surface area contributed by atoms with Gasteiger partial charge < -0.3 is 9.80 Å². The Hall–Kier alpha value is -2.78. The second kappa shape index (κ2) is 8.28. The van der Waals surface area contributed by atoms with E-state index in [0.717, 1.165) is 0 Å². The first-order valence-electron chi connectivity index (χ1n) is 8.53. The van der Waals surface area contributed by atoms with Crippen LogP contribution in [0.3, 0.4) is 0 Å². The van der Waals surface area contributed by atoms with E-state index < -0.39 is 10.0 Å². The summed E-state index contributed by atoms with van der Waals surface area (Å²) < 4.78 is 26.5. The molecule has 2 aromatic rings. The summed E-state index contributed by atoms with van der Waals surface area (Å²) in [6.45, 7) is 6.03. The number of benzene rings is 1. The molecule has 142 valence electrons. The van der Waals surface area contributed by atoms with Gasteiger partial charge in [0.15, 0.2) is 0 Å². The molecule has 1 N–H and O–H groups in total. The lowest BCUT2D eigenvalue weighted by atomic mass is 10.2. The van der Waals surface area contributed by atoms with Crippen LogP contribution in [0.15, 0.2) is 60.3 Å². The number of anilines is 1. The summed E-state index contributed by atoms with van der Waals surface area (Å²) in [5.74, 6) is 0.540. The zero-order valence-electron chi connectivity index (χ0n) is 14.8. The Balaban J connectivity index is 1.62. The molecule has 0 aliphatic carbocycles. The molecule has 1 aliphatic heterocycles. The lowest BCUT2D eigenvalue weighted by Crippen LogP contribution is -2.49. The number of piperazine rings is 1. The average molecular weight is 387 g/mol. The predicted octanol–water partition coefficient (Wildman–Crippen LogP) is 0.903. The van der Waals surface area contributed by atoms with Crippen molar-refractivity contribution in [1.82, 2.24) is 19.6 Å². The van der Waals surface area contributed by atoms with Gasteiger partial charge in [0.2, 0.25) is 16.0 Å². The highest BCUT2D eigenvalue weighted by Crippen LogP contribution is 2.15. The number of hydrogen-bond donors (Lipinski definition) is 1. The second-order valence-corrected chi connectivity index (χ2v) is 7.76. The van der Waals surface area contributed by atoms with Gasteiger partial charge in [0, 0.05) is 50.7 Å². The molecule has 1 fully saturated rings. The second-order valence-electron chi connectivity index (χ2n) is 5.99. The fourth-order valence-corrected chi connectivity index (χ4v) is 3.77. The highest BCUT2D eigenvalue weighted by molar-refractivity contribution is 7.89. The molecule has 0 saturated carbocycles. The van der Waals surface area contributed by atoms with Crippen molar-refractivity contribution >= 4 is 21.9 Å². The molecular formula is C18H21N5O3S. The summed E-state index contributed by atoms with van der Waals surface area (Å²) in [6.07, 6.45) is 4.86. The number of aromatic nitrogens is 2. The Labute approximate surface area is 158 Å². The van der Waals surface area contributed by atoms with E-state index in [9.17, 15) is 13.2 Å². The van der Waals surface area contributed by atoms with Crippen LogP contribution in [0.4, 0.5) is 5.95 Å². The largest absolute Gasteiger partial charge is 0.337 e. The van der Waals surface area contributed by atoms with Crippen LogP contribution in [-0.2, 0) is 10.0 Å². The molecule has 1 aliphatic rings. The van der Waals surface area contributed by atoms with Gasteiger partial charge in [0.1, 0.15) is 0 Å². The molecule has 0 bridgehead atoms. The molecule has 0 unspecified atom stereocenters. The summed E-state index contributed by atoms with van der Waals surface area (Å²) in [5, 5.41) is 0. The van der Waals surface area contributed by atoms with Crippen LogP contribution >= 0.6 is 0 Å². The normalized spacial score (nSPS) is 14.8. The molecule has 1 amide bonds. The fraction of sp³-hybridized carbons (Fsp3) is 0.278. The minimum Gasteiger partial charge on any atom is -0.337 e. The molecule has 9 heteroatoms. The third-order valence-corrected chi connectivity index (χ3v) is 5.67. The molecule has 3 rings (SSSR count). The number of nitrogens with one attached hydrogen (secondary N) is 1. The molecular weight excluding hydrogens is 366 g/mol. The Morgan fingerprint density at radius 1 is 1.11 bits per heavy atom. The number of hydrogen-bond acceptors (Lipinski definition) is 6. The zero-order valence-corrected chi connectivity index (χ0v) is 15.6. The van der Waals surface area contributed by atoms with E-state index in [-0.39, 0.29) is 17.3 Å². The molecule has 2 heterocycles. The highest BCUT2D eigenvalue weighted by atomic mass is 32.2. The van der Waals surface area contributed by atoms with Crippen molar-refractivity contribution in [3.63, 3.8) is 0 Å². The maximum Gasteiger partial charge on any atom is 0.253 e. The molecule has 8 nitrogen and oxygen atoms in total. The standard InChI is InChI=1S/C18H21N5O3S/c1-2-8-21-27(25,26)16-6-4-15(5-7-16)17(24)22-11-13-23(14-12-22)18-19-9-3-10-20-18/h2-7,9-10,21H,1,8,11-14H2. The quantitative estimate of drug-likeness (QED) is 0.740. The monoisotopic (exact) mass is 387 g/mol. The van der Waals surface area contributed by atoms with Crippen molar-refractivity contribution in [2.45, 2.75) is 4.90 Å². The van der Waals surface area contributed by atoms with Crippen LogP contribution in [0.5, 0.6) is 0 Å². The smallest absolute Gasteiger partial charge is 0.253 e. The Bertz CT molecular complexity index is 892. The lowest BCUT2D eigenvalue weighted by Gasteiger charge is -2.34. The van der Waals surface area contributed by atoms with Gasteiger partial charge in [-0.1, -0.05) is 6.08 Å². The highest BCUT2D eigenvalue weighted by Gasteiger charge is 2.23. The minimum absolute atomic E-state index is 0.118. The summed E-state index contributed by atoms with van der Waals surface area (Å²) in [4.78, 5) is 25.0. The maximum absolute atomic E-state index is 12.7. The number of carbonyl (C=O) groups is 1. The Morgan fingerprint density at radius 2 is 1.74 bits per heavy atom. The van der Waals surface area contributed by atoms with Gasteiger partial charge in [-0.25, -0.2) is 23.1 Å². The molecule has 27 heavy (non-hydrogen) atoms. The van der Waals surface area contributed by atoms with Gasteiger partial charge >= 0.3 is 0 Å². The summed E-state index contributed by atoms with van der Waals surface area (Å²) in [6, 6.07) is 7.72. The van der Waals surface area contributed by atoms with Crippen LogP contribution in [0, 0.1) is 0 Å². The first-order valence-corrected chi connectivity index (χ1v) is 10.0. The van der Waals surface area contributed by atoms with Crippen LogP contribution in [0.1, 0.15) is 10.4 Å². The van der Waals surface area contributed by atoms with Crippen molar-refractivity contribution in [3.05, 3.63) is 60.9 Å². The summed E-state index contributed by atoms with van der Waals surface area (Å²) in [5.41, 5.74) is 0.460. The van der Waals surface area contributed by atoms with E-state index in [0.29, 0.717) is 37.7 Å². The molecule has 1 aromatic heterocycles. The summed E-state index contributed by atoms with van der Waals surface area (Å²) in [7, 11) is -3.59. The van der Waals surface area contributed by atoms with E-state index in [1.807, 2.05) is 4.90 Å². The topological polar surface area (TPSA) is 95.5 Å². The van der Waals surface area contributed by atoms with Crippen LogP contribution in [0.2, 0.25) is 0 Å². The third-order valence-electron chi connectivity index (χ3n) is 4.23. The van der Waals surface area contributed by atoms with Gasteiger partial charge in [0.05, 0.1) is 4.90 Å². The van der Waals surface area contributed by atoms with Gasteiger partial charge in [-0.05, 0) is 30.3 Å². The average Bonchev–Trinajstić information content (AvgIpc) is 2.72. The fourth-order valence-electron chi connectivity index (χ4n) is 2.78. The number of sulfonamides is 1. The Morgan fingerprint density at radius 3 is 2.33 bits per heavy atom. The lowest BCUT2D eigenvalue weighted by molar-refractivity contribution is 0.0746. The van der Waals surface area contributed by atoms with Crippen LogP contribution < -0.4 is 9.62 Å². The van der Waals surface area contributed by atoms with Crippen molar-refractivity contribution in [2.75, 3.05) is 37.6 Å². The van der Waals surface area contributed by atoms with Crippen molar-refractivity contribution in [2.24, 2.45) is 0 Å². The van der Waals surface area contributed by atoms with Crippen LogP contribution in [-0.4, -0.2) is 61.9 Å². The molecule has 1 saturated heterocycles. The van der Waals surface area contributed by atoms with Gasteiger partial charge in [-0.3, -0.25) is 4.79 Å². The minimum atomic E-state index is -3.59. The van der Waals surface area contributed by atoms with E-state index in [1.54, 1.807) is 23.4 Å². The molecule has 0 spiro atoms. The number of amides is 1. The van der Waals surface area contributed by atoms with Crippen molar-refractivity contribution in [1.29, 1.82) is 0 Å². The first-order chi connectivity index (χ1) is 13.0. The van der Waals surface area contributed by atoms with E-state index in [4.69, 9.17) is 0 Å². The number of rotatable bonds is 6. The van der Waals surface area contributed by atoms with Crippen LogP contribution in [0.25, 0.3) is 0 Å². The zero-order chi connectivity index (χ0) is 19.3. The third kappa shape index (κ3) is 4.50. The van der Waals surface area contributed by atoms with Crippen molar-refractivity contribution < 1.29 is 13.2 Å². The Kier molecular flexibility index (Phi) is 5.82. The summed E-state index contributed by atoms with van der Waals surface area (Å²) >= 11 is 0. The number of nitrogens with zero attached hydrogens (tertiary/aromatic N) is 4. The molecule has 1 aromatic carbocycles. The molecule has 0 atom stereocenters. The van der Waals surface area contributed by atoms with E-state index >= 15 is 0 Å².